The van der Waals surface area contributed by atoms with E-state index in [2.05, 4.69) is 29.0 Å². The number of methoxy groups -OCH3 is 3. The first-order valence-electron chi connectivity index (χ1n) is 11.8. The topological polar surface area (TPSA) is 57.1 Å². The number of ether oxygens (including phenoxy) is 3. The first-order chi connectivity index (χ1) is 16.6. The van der Waals surface area contributed by atoms with E-state index in [0.29, 0.717) is 18.4 Å². The number of hydrogen-bond donors (Lipinski definition) is 0. The normalized spacial score (nSPS) is 14.9. The minimum Gasteiger partial charge on any atom is -0.497 e. The molecule has 0 aromatic heterocycles. The average Bonchev–Trinajstić information content (AvgIpc) is 3.71. The molecule has 0 N–H and O–H groups in total. The lowest BCUT2D eigenvalue weighted by molar-refractivity contribution is -0.134. The number of rotatable bonds is 13. The summed E-state index contributed by atoms with van der Waals surface area (Å²) in [4.78, 5) is 16.2. The number of esters is 1. The maximum absolute atomic E-state index is 11.3. The Kier molecular flexibility index (Phi) is 10.7. The van der Waals surface area contributed by atoms with Crippen LogP contribution in [0.15, 0.2) is 65.7 Å². The van der Waals surface area contributed by atoms with Crippen LogP contribution in [0.3, 0.4) is 0 Å². The van der Waals surface area contributed by atoms with Gasteiger partial charge in [-0.15, -0.1) is 11.8 Å². The van der Waals surface area contributed by atoms with Crippen LogP contribution < -0.4 is 4.74 Å². The van der Waals surface area contributed by atoms with Crippen molar-refractivity contribution in [3.63, 3.8) is 0 Å². The first kappa shape index (κ1) is 26.0. The van der Waals surface area contributed by atoms with Crippen LogP contribution in [-0.4, -0.2) is 38.9 Å². The van der Waals surface area contributed by atoms with E-state index in [1.807, 2.05) is 42.1 Å². The van der Waals surface area contributed by atoms with Crippen LogP contribution in [0, 0.1) is 5.92 Å². The van der Waals surface area contributed by atoms with Crippen molar-refractivity contribution in [3.05, 3.63) is 71.8 Å². The van der Waals surface area contributed by atoms with Crippen LogP contribution in [0.5, 0.6) is 5.75 Å². The van der Waals surface area contributed by atoms with Gasteiger partial charge in [-0.1, -0.05) is 30.3 Å². The van der Waals surface area contributed by atoms with Gasteiger partial charge in [0.05, 0.1) is 31.6 Å². The predicted octanol–water partition coefficient (Wildman–Crippen LogP) is 6.70. The monoisotopic (exact) mass is 481 g/mol. The van der Waals surface area contributed by atoms with E-state index in [1.54, 1.807) is 14.2 Å². The zero-order chi connectivity index (χ0) is 24.2. The molecule has 0 aliphatic heterocycles. The van der Waals surface area contributed by atoms with Crippen molar-refractivity contribution in [2.24, 2.45) is 10.9 Å². The largest absolute Gasteiger partial charge is 0.497 e. The number of aliphatic imine (C=N–C) groups is 1. The minimum absolute atomic E-state index is 0.307. The quantitative estimate of drug-likeness (QED) is 0.105. The Morgan fingerprint density at radius 2 is 1.88 bits per heavy atom. The summed E-state index contributed by atoms with van der Waals surface area (Å²) in [6.45, 7) is 0.678. The average molecular weight is 482 g/mol. The van der Waals surface area contributed by atoms with Crippen LogP contribution in [0.2, 0.25) is 0 Å². The zero-order valence-corrected chi connectivity index (χ0v) is 21.2. The second kappa shape index (κ2) is 14.0. The van der Waals surface area contributed by atoms with E-state index in [9.17, 15) is 4.79 Å². The van der Waals surface area contributed by atoms with Crippen molar-refractivity contribution in [1.29, 1.82) is 0 Å². The molecule has 34 heavy (non-hydrogen) atoms. The van der Waals surface area contributed by atoms with Gasteiger partial charge in [0.2, 0.25) is 0 Å². The molecule has 0 bridgehead atoms. The molecule has 2 aromatic carbocycles. The van der Waals surface area contributed by atoms with Crippen molar-refractivity contribution < 1.29 is 19.0 Å². The number of carbonyl (C=O) groups is 1. The lowest BCUT2D eigenvalue weighted by atomic mass is 9.91. The number of allylic oxidation sites excluding steroid dienone is 1. The van der Waals surface area contributed by atoms with E-state index in [4.69, 9.17) is 14.5 Å². The Morgan fingerprint density at radius 3 is 2.56 bits per heavy atom. The molecule has 6 heteroatoms. The molecule has 0 spiro atoms. The third-order valence-electron chi connectivity index (χ3n) is 5.86. The van der Waals surface area contributed by atoms with Crippen molar-refractivity contribution in [2.75, 3.05) is 27.9 Å². The van der Waals surface area contributed by atoms with Gasteiger partial charge in [0.1, 0.15) is 5.75 Å². The molecule has 0 radical (unpaired) electrons. The number of benzene rings is 2. The molecular weight excluding hydrogens is 446 g/mol. The molecule has 0 amide bonds. The van der Waals surface area contributed by atoms with Crippen LogP contribution in [0.1, 0.15) is 49.1 Å². The van der Waals surface area contributed by atoms with Gasteiger partial charge in [-0.05, 0) is 67.5 Å². The maximum Gasteiger partial charge on any atom is 0.330 e. The standard InChI is InChI=1S/C28H35NO4S/c1-31-19-22(9-5-4-6-12-27(30)33-3)26-11-8-7-10-23(26)20-34-28(21-13-14-21)29-24-15-17-25(32-2)18-16-24/h6-8,10-12,15-18,21-22H,4-5,9,13-14,19-20H2,1-3H3. The van der Waals surface area contributed by atoms with Crippen LogP contribution >= 0.6 is 11.8 Å². The fourth-order valence-electron chi connectivity index (χ4n) is 3.83. The molecular formula is C28H35NO4S. The lowest BCUT2D eigenvalue weighted by Gasteiger charge is -2.20. The van der Waals surface area contributed by atoms with Gasteiger partial charge >= 0.3 is 5.97 Å². The summed E-state index contributed by atoms with van der Waals surface area (Å²) in [5.41, 5.74) is 3.65. The molecule has 5 nitrogen and oxygen atoms in total. The molecule has 182 valence electrons. The van der Waals surface area contributed by atoms with Gasteiger partial charge in [0, 0.05) is 30.8 Å². The minimum atomic E-state index is -0.307. The number of thioether (sulfide) groups is 1. The summed E-state index contributed by atoms with van der Waals surface area (Å²) in [5.74, 6) is 2.33. The van der Waals surface area contributed by atoms with Gasteiger partial charge in [0.15, 0.2) is 0 Å². The van der Waals surface area contributed by atoms with E-state index < -0.39 is 0 Å². The SMILES string of the molecule is COCC(CCCC=CC(=O)OC)c1ccccc1CSC(=Nc1ccc(OC)cc1)C1CC1. The summed E-state index contributed by atoms with van der Waals surface area (Å²) >= 11 is 1.85. The molecule has 1 saturated carbocycles. The van der Waals surface area contributed by atoms with E-state index in [0.717, 1.165) is 36.5 Å². The summed E-state index contributed by atoms with van der Waals surface area (Å²) in [6.07, 6.45) is 8.63. The van der Waals surface area contributed by atoms with Gasteiger partial charge in [-0.3, -0.25) is 0 Å². The zero-order valence-electron chi connectivity index (χ0n) is 20.4. The van der Waals surface area contributed by atoms with E-state index >= 15 is 0 Å². The van der Waals surface area contributed by atoms with Crippen LogP contribution in [0.4, 0.5) is 5.69 Å². The summed E-state index contributed by atoms with van der Waals surface area (Å²) in [6, 6.07) is 16.6. The Balaban J connectivity index is 1.66. The molecule has 1 unspecified atom stereocenters. The number of carbonyl (C=O) groups excluding carboxylic acids is 1. The van der Waals surface area contributed by atoms with Gasteiger partial charge in [-0.25, -0.2) is 9.79 Å². The first-order valence-corrected chi connectivity index (χ1v) is 12.8. The van der Waals surface area contributed by atoms with E-state index in [-0.39, 0.29) is 5.97 Å². The van der Waals surface area contributed by atoms with Crippen molar-refractivity contribution in [2.45, 2.75) is 43.8 Å². The maximum atomic E-state index is 11.3. The third kappa shape index (κ3) is 8.33. The second-order valence-corrected chi connectivity index (χ2v) is 9.41. The summed E-state index contributed by atoms with van der Waals surface area (Å²) in [7, 11) is 4.83. The van der Waals surface area contributed by atoms with Gasteiger partial charge in [-0.2, -0.15) is 0 Å². The molecule has 1 aliphatic rings. The van der Waals surface area contributed by atoms with Gasteiger partial charge in [0.25, 0.3) is 0 Å². The van der Waals surface area contributed by atoms with Crippen molar-refractivity contribution in [1.82, 2.24) is 0 Å². The third-order valence-corrected chi connectivity index (χ3v) is 7.03. The molecule has 1 atom stereocenters. The van der Waals surface area contributed by atoms with E-state index in [1.165, 1.54) is 42.2 Å². The van der Waals surface area contributed by atoms with Crippen molar-refractivity contribution >= 4 is 28.5 Å². The fraction of sp³-hybridized carbons (Fsp3) is 0.429. The number of nitrogens with zero attached hydrogens (tertiary/aromatic N) is 1. The van der Waals surface area contributed by atoms with Crippen LogP contribution in [-0.2, 0) is 20.0 Å². The molecule has 0 heterocycles. The summed E-state index contributed by atoms with van der Waals surface area (Å²) < 4.78 is 15.5. The highest BCUT2D eigenvalue weighted by Gasteiger charge is 2.28. The Bertz CT molecular complexity index is 967. The molecule has 1 aliphatic carbocycles. The Labute approximate surface area is 207 Å². The highest BCUT2D eigenvalue weighted by atomic mass is 32.2. The predicted molar refractivity (Wildman–Crippen MR) is 140 cm³/mol. The Hall–Kier alpha value is -2.57. The Morgan fingerprint density at radius 1 is 1.12 bits per heavy atom. The second-order valence-electron chi connectivity index (χ2n) is 8.42. The fourth-order valence-corrected chi connectivity index (χ4v) is 5.04. The molecule has 1 fully saturated rings. The summed E-state index contributed by atoms with van der Waals surface area (Å²) in [5, 5.41) is 1.22. The highest BCUT2D eigenvalue weighted by molar-refractivity contribution is 8.13. The molecule has 0 saturated heterocycles. The number of unbranched alkanes of at least 4 members (excludes halogenated alkanes) is 1. The van der Waals surface area contributed by atoms with Crippen molar-refractivity contribution in [3.8, 4) is 5.75 Å². The lowest BCUT2D eigenvalue weighted by Crippen LogP contribution is -2.09. The molecule has 3 rings (SSSR count). The smallest absolute Gasteiger partial charge is 0.330 e. The number of hydrogen-bond acceptors (Lipinski definition) is 6. The van der Waals surface area contributed by atoms with Crippen LogP contribution in [0.25, 0.3) is 0 Å². The molecule has 2 aromatic rings. The highest BCUT2D eigenvalue weighted by Crippen LogP contribution is 2.38. The van der Waals surface area contributed by atoms with Gasteiger partial charge < -0.3 is 14.2 Å².